The number of ether oxygens (including phenoxy) is 2. The number of carboxylic acid groups (broad SMARTS) is 1. The van der Waals surface area contributed by atoms with E-state index in [0.717, 1.165) is 25.8 Å². The van der Waals surface area contributed by atoms with Gasteiger partial charge in [-0.15, -0.1) is 0 Å². The Morgan fingerprint density at radius 3 is 2.47 bits per heavy atom. The minimum Gasteiger partial charge on any atom is -0.483 e. The van der Waals surface area contributed by atoms with Crippen LogP contribution in [0.5, 0.6) is 5.75 Å². The molecule has 3 aliphatic heterocycles. The fourth-order valence-corrected chi connectivity index (χ4v) is 6.56. The predicted octanol–water partition coefficient (Wildman–Crippen LogP) is 1.74. The minimum atomic E-state index is -1.15. The number of aliphatic carboxylic acids is 1. The molecule has 1 aromatic heterocycles. The molecule has 2 unspecified atom stereocenters. The summed E-state index contributed by atoms with van der Waals surface area (Å²) in [6.07, 6.45) is 2.27. The van der Waals surface area contributed by atoms with Crippen LogP contribution in [-0.4, -0.2) is 137 Å². The number of pyridine rings is 1. The van der Waals surface area contributed by atoms with Crippen LogP contribution in [0.1, 0.15) is 55.9 Å². The van der Waals surface area contributed by atoms with Gasteiger partial charge in [0.05, 0.1) is 12.1 Å². The number of rotatable bonds is 12. The Labute approximate surface area is 284 Å². The summed E-state index contributed by atoms with van der Waals surface area (Å²) in [5.41, 5.74) is 0.379. The van der Waals surface area contributed by atoms with Gasteiger partial charge in [-0.25, -0.2) is 9.78 Å². The lowest BCUT2D eigenvalue weighted by molar-refractivity contribution is -0.139. The lowest BCUT2D eigenvalue weighted by atomic mass is 9.97. The number of nitrogens with one attached hydrogen (secondary N) is 1. The monoisotopic (exact) mass is 680 g/mol. The second-order valence-corrected chi connectivity index (χ2v) is 12.6. The number of nitrogens with zero attached hydrogens (tertiary/aromatic N) is 5. The van der Waals surface area contributed by atoms with Crippen molar-refractivity contribution in [3.63, 3.8) is 0 Å². The maximum atomic E-state index is 13.6. The maximum absolute atomic E-state index is 13.6. The molecule has 264 valence electrons. The third-order valence-corrected chi connectivity index (χ3v) is 9.15. The van der Waals surface area contributed by atoms with Crippen LogP contribution in [0.15, 0.2) is 30.3 Å². The van der Waals surface area contributed by atoms with Gasteiger partial charge in [-0.05, 0) is 50.7 Å². The van der Waals surface area contributed by atoms with Crippen LogP contribution in [0.3, 0.4) is 0 Å². The van der Waals surface area contributed by atoms with Crippen LogP contribution >= 0.6 is 0 Å². The van der Waals surface area contributed by atoms with E-state index < -0.39 is 29.9 Å². The standard InChI is InChI=1S/C34H44N6O9/c1-2-48-34(47)38-17-15-37(16-18-38)33(46)26(11-12-31(43)44)36-32(45)27-19-28(24-8-3-4-9-25(24)35-27)49-22-30(42)40-13-5-7-23(21-40)20-39-14-6-10-29(39)41/h3-4,8-9,19,23,26H,2,5-7,10-18,20-22H2,1H3,(H,36,45)(H,43,44). The Balaban J connectivity index is 1.25. The fourth-order valence-electron chi connectivity index (χ4n) is 6.56. The van der Waals surface area contributed by atoms with Crippen molar-refractivity contribution >= 4 is 46.6 Å². The third kappa shape index (κ3) is 9.15. The molecular formula is C34H44N6O9. The topological polar surface area (TPSA) is 179 Å². The van der Waals surface area contributed by atoms with Gasteiger partial charge in [0.1, 0.15) is 17.5 Å². The number of benzene rings is 1. The van der Waals surface area contributed by atoms with Gasteiger partial charge in [0.25, 0.3) is 11.8 Å². The minimum absolute atomic E-state index is 0.0604. The van der Waals surface area contributed by atoms with Gasteiger partial charge in [-0.3, -0.25) is 24.0 Å². The summed E-state index contributed by atoms with van der Waals surface area (Å²) >= 11 is 0. The first-order valence-corrected chi connectivity index (χ1v) is 16.9. The highest BCUT2D eigenvalue weighted by Gasteiger charge is 2.32. The van der Waals surface area contributed by atoms with Gasteiger partial charge in [-0.1, -0.05) is 12.1 Å². The molecule has 49 heavy (non-hydrogen) atoms. The van der Waals surface area contributed by atoms with Crippen LogP contribution in [0.25, 0.3) is 10.9 Å². The molecule has 0 saturated carbocycles. The zero-order valence-corrected chi connectivity index (χ0v) is 27.8. The molecule has 0 bridgehead atoms. The number of carbonyl (C=O) groups excluding carboxylic acids is 5. The number of piperazine rings is 1. The Kier molecular flexibility index (Phi) is 11.9. The van der Waals surface area contributed by atoms with Crippen molar-refractivity contribution in [1.82, 2.24) is 29.9 Å². The van der Waals surface area contributed by atoms with Crippen LogP contribution in [-0.2, 0) is 23.9 Å². The Hall–Kier alpha value is -4.95. The molecule has 15 nitrogen and oxygen atoms in total. The maximum Gasteiger partial charge on any atom is 0.409 e. The molecule has 4 heterocycles. The molecule has 3 fully saturated rings. The summed E-state index contributed by atoms with van der Waals surface area (Å²) in [4.78, 5) is 87.0. The molecule has 5 rings (SSSR count). The van der Waals surface area contributed by atoms with E-state index in [-0.39, 0.29) is 81.4 Å². The van der Waals surface area contributed by atoms with E-state index in [2.05, 4.69) is 10.3 Å². The van der Waals surface area contributed by atoms with Crippen LogP contribution < -0.4 is 10.1 Å². The molecular weight excluding hydrogens is 636 g/mol. The highest BCUT2D eigenvalue weighted by Crippen LogP contribution is 2.27. The van der Waals surface area contributed by atoms with E-state index in [4.69, 9.17) is 9.47 Å². The number of piperidine rings is 1. The Morgan fingerprint density at radius 2 is 1.76 bits per heavy atom. The van der Waals surface area contributed by atoms with E-state index in [1.807, 2.05) is 4.90 Å². The smallest absolute Gasteiger partial charge is 0.409 e. The average molecular weight is 681 g/mol. The van der Waals surface area contributed by atoms with E-state index in [1.54, 1.807) is 36.1 Å². The second kappa shape index (κ2) is 16.4. The molecule has 1 aromatic carbocycles. The van der Waals surface area contributed by atoms with Crippen molar-refractivity contribution in [3.05, 3.63) is 36.0 Å². The molecule has 3 saturated heterocycles. The molecule has 15 heteroatoms. The van der Waals surface area contributed by atoms with Crippen molar-refractivity contribution in [2.24, 2.45) is 5.92 Å². The van der Waals surface area contributed by atoms with Crippen LogP contribution in [0.4, 0.5) is 4.79 Å². The number of likely N-dealkylation sites (tertiary alicyclic amines) is 2. The molecule has 2 N–H and O–H groups in total. The number of hydrogen-bond donors (Lipinski definition) is 2. The number of aromatic nitrogens is 1. The summed E-state index contributed by atoms with van der Waals surface area (Å²) in [5, 5.41) is 12.6. The van der Waals surface area contributed by atoms with Crippen molar-refractivity contribution < 1.29 is 43.3 Å². The highest BCUT2D eigenvalue weighted by molar-refractivity contribution is 5.99. The summed E-state index contributed by atoms with van der Waals surface area (Å²) < 4.78 is 11.0. The van der Waals surface area contributed by atoms with E-state index in [1.165, 1.54) is 15.9 Å². The lowest BCUT2D eigenvalue weighted by Gasteiger charge is -2.35. The number of carboxylic acids is 1. The average Bonchev–Trinajstić information content (AvgIpc) is 3.51. The quantitative estimate of drug-likeness (QED) is 0.336. The number of amides is 5. The van der Waals surface area contributed by atoms with Crippen LogP contribution in [0.2, 0.25) is 0 Å². The molecule has 0 radical (unpaired) electrons. The van der Waals surface area contributed by atoms with Gasteiger partial charge < -0.3 is 39.5 Å². The molecule has 0 spiro atoms. The number of para-hydroxylation sites is 1. The summed E-state index contributed by atoms with van der Waals surface area (Å²) in [6, 6.07) is 7.27. The van der Waals surface area contributed by atoms with Crippen molar-refractivity contribution in [2.75, 3.05) is 65.6 Å². The Bertz CT molecular complexity index is 1560. The van der Waals surface area contributed by atoms with E-state index in [9.17, 15) is 33.9 Å². The third-order valence-electron chi connectivity index (χ3n) is 9.15. The fraction of sp³-hybridized carbons (Fsp3) is 0.559. The van der Waals surface area contributed by atoms with Gasteiger partial charge in [-0.2, -0.15) is 0 Å². The summed E-state index contributed by atoms with van der Waals surface area (Å²) in [7, 11) is 0. The van der Waals surface area contributed by atoms with Crippen molar-refractivity contribution in [1.29, 1.82) is 0 Å². The molecule has 3 aliphatic rings. The van der Waals surface area contributed by atoms with Crippen molar-refractivity contribution in [2.45, 2.75) is 51.5 Å². The first kappa shape index (κ1) is 35.4. The first-order chi connectivity index (χ1) is 23.6. The van der Waals surface area contributed by atoms with Crippen LogP contribution in [0, 0.1) is 5.92 Å². The predicted molar refractivity (Wildman–Crippen MR) is 176 cm³/mol. The zero-order valence-electron chi connectivity index (χ0n) is 27.8. The number of fused-ring (bicyclic) bond motifs is 1. The van der Waals surface area contributed by atoms with Gasteiger partial charge in [0.15, 0.2) is 6.61 Å². The largest absolute Gasteiger partial charge is 0.483 e. The lowest BCUT2D eigenvalue weighted by Crippen LogP contribution is -2.56. The summed E-state index contributed by atoms with van der Waals surface area (Å²) in [6.45, 7) is 5.11. The molecule has 5 amide bonds. The molecule has 0 aliphatic carbocycles. The van der Waals surface area contributed by atoms with E-state index >= 15 is 0 Å². The highest BCUT2D eigenvalue weighted by atomic mass is 16.6. The van der Waals surface area contributed by atoms with Crippen molar-refractivity contribution in [3.8, 4) is 5.75 Å². The molecule has 2 atom stereocenters. The first-order valence-electron chi connectivity index (χ1n) is 16.9. The SMILES string of the molecule is CCOC(=O)N1CCN(C(=O)C(CCC(=O)O)NC(=O)c2cc(OCC(=O)N3CCCC(CN4CCCC4=O)C3)c3ccccc3n2)CC1. The second-order valence-electron chi connectivity index (χ2n) is 12.6. The van der Waals surface area contributed by atoms with E-state index in [0.29, 0.717) is 37.0 Å². The van der Waals surface area contributed by atoms with Gasteiger partial charge >= 0.3 is 12.1 Å². The Morgan fingerprint density at radius 1 is 1.00 bits per heavy atom. The number of hydrogen-bond acceptors (Lipinski definition) is 9. The molecule has 2 aromatic rings. The number of carbonyl (C=O) groups is 6. The zero-order chi connectivity index (χ0) is 34.9. The van der Waals surface area contributed by atoms with Gasteiger partial charge in [0, 0.05) is 76.7 Å². The normalized spacial score (nSPS) is 18.7. The van der Waals surface area contributed by atoms with Gasteiger partial charge in [0.2, 0.25) is 11.8 Å². The summed E-state index contributed by atoms with van der Waals surface area (Å²) in [5.74, 6) is -1.85.